The summed E-state index contributed by atoms with van der Waals surface area (Å²) >= 11 is 0. The normalized spacial score (nSPS) is 37.8. The molecule has 0 aliphatic carbocycles. The van der Waals surface area contributed by atoms with Gasteiger partial charge in [-0.1, -0.05) is 6.92 Å². The molecule has 2 rings (SSSR count). The Kier molecular flexibility index (Phi) is 12.3. The van der Waals surface area contributed by atoms with Gasteiger partial charge in [-0.05, 0) is 6.42 Å². The monoisotopic (exact) mass is 528 g/mol. The summed E-state index contributed by atoms with van der Waals surface area (Å²) in [5, 5.41) is 69.8. The molecule has 0 radical (unpaired) electrons. The summed E-state index contributed by atoms with van der Waals surface area (Å²) in [7, 11) is 0. The Morgan fingerprint density at radius 1 is 0.806 bits per heavy atom. The zero-order valence-electron chi connectivity index (χ0n) is 20.0. The summed E-state index contributed by atoms with van der Waals surface area (Å²) in [6.45, 7) is 0.999. The van der Waals surface area contributed by atoms with Crippen molar-refractivity contribution in [2.45, 2.75) is 94.2 Å². The highest BCUT2D eigenvalue weighted by Crippen LogP contribution is 2.26. The van der Waals surface area contributed by atoms with Crippen LogP contribution in [0, 0.1) is 0 Å². The molecule has 0 spiro atoms. The van der Waals surface area contributed by atoms with Crippen LogP contribution in [-0.2, 0) is 38.0 Å². The van der Waals surface area contributed by atoms with Crippen molar-refractivity contribution in [2.75, 3.05) is 26.4 Å². The first-order valence-electron chi connectivity index (χ1n) is 11.6. The average molecular weight is 529 g/mol. The smallest absolute Gasteiger partial charge is 0.306 e. The molecule has 11 atom stereocenters. The van der Waals surface area contributed by atoms with E-state index < -0.39 is 99.3 Å². The van der Waals surface area contributed by atoms with Gasteiger partial charge in [-0.15, -0.1) is 0 Å². The molecule has 36 heavy (non-hydrogen) atoms. The SMILES string of the molecule is CCCC(=O)O[C@H](COC(C)=O)CO[C@@H]1O[C@H](CO[C@H]2O[C@H](CO)[C@H](O)[C@H](O)[C@H]2O)[C@H](O)[C@H](O)[C@H]1O. The van der Waals surface area contributed by atoms with E-state index in [1.165, 1.54) is 0 Å². The number of ether oxygens (including phenoxy) is 6. The molecule has 0 bridgehead atoms. The van der Waals surface area contributed by atoms with Gasteiger partial charge in [-0.25, -0.2) is 0 Å². The van der Waals surface area contributed by atoms with Crippen molar-refractivity contribution in [1.82, 2.24) is 0 Å². The molecule has 2 aliphatic rings. The minimum atomic E-state index is -1.75. The Hall–Kier alpha value is -1.50. The van der Waals surface area contributed by atoms with Crippen LogP contribution < -0.4 is 0 Å². The minimum Gasteiger partial charge on any atom is -0.462 e. The molecule has 0 aromatic rings. The molecule has 0 saturated carbocycles. The Morgan fingerprint density at radius 2 is 1.36 bits per heavy atom. The van der Waals surface area contributed by atoms with Crippen molar-refractivity contribution in [3.63, 3.8) is 0 Å². The van der Waals surface area contributed by atoms with E-state index in [2.05, 4.69) is 0 Å². The third kappa shape index (κ3) is 8.26. The van der Waals surface area contributed by atoms with E-state index in [9.17, 15) is 45.3 Å². The van der Waals surface area contributed by atoms with Crippen LogP contribution in [0.1, 0.15) is 26.7 Å². The molecule has 7 N–H and O–H groups in total. The number of rotatable bonds is 12. The van der Waals surface area contributed by atoms with Crippen LogP contribution in [0.15, 0.2) is 0 Å². The number of esters is 2. The van der Waals surface area contributed by atoms with Crippen LogP contribution in [0.5, 0.6) is 0 Å². The molecular weight excluding hydrogens is 492 g/mol. The van der Waals surface area contributed by atoms with Crippen molar-refractivity contribution in [1.29, 1.82) is 0 Å². The number of carbonyl (C=O) groups excluding carboxylic acids is 2. The van der Waals surface area contributed by atoms with Gasteiger partial charge in [0.15, 0.2) is 18.7 Å². The number of aliphatic hydroxyl groups excluding tert-OH is 7. The fourth-order valence-electron chi connectivity index (χ4n) is 3.56. The quantitative estimate of drug-likeness (QED) is 0.119. The lowest BCUT2D eigenvalue weighted by molar-refractivity contribution is -0.332. The summed E-state index contributed by atoms with van der Waals surface area (Å²) in [5.41, 5.74) is 0. The largest absolute Gasteiger partial charge is 0.462 e. The Balaban J connectivity index is 1.99. The van der Waals surface area contributed by atoms with Crippen molar-refractivity contribution < 1.29 is 73.8 Å². The third-order valence-electron chi connectivity index (χ3n) is 5.61. The lowest BCUT2D eigenvalue weighted by atomic mass is 9.98. The first-order valence-corrected chi connectivity index (χ1v) is 11.6. The van der Waals surface area contributed by atoms with Gasteiger partial charge in [0.25, 0.3) is 0 Å². The topological polar surface area (TPSA) is 231 Å². The Morgan fingerprint density at radius 3 is 1.92 bits per heavy atom. The van der Waals surface area contributed by atoms with Crippen LogP contribution >= 0.6 is 0 Å². The zero-order chi connectivity index (χ0) is 27.0. The lowest BCUT2D eigenvalue weighted by Crippen LogP contribution is -2.61. The molecule has 2 aliphatic heterocycles. The second kappa shape index (κ2) is 14.4. The van der Waals surface area contributed by atoms with E-state index >= 15 is 0 Å². The van der Waals surface area contributed by atoms with Crippen LogP contribution in [0.3, 0.4) is 0 Å². The fraction of sp³-hybridized carbons (Fsp3) is 0.905. The minimum absolute atomic E-state index is 0.112. The molecule has 2 fully saturated rings. The first-order chi connectivity index (χ1) is 17.0. The van der Waals surface area contributed by atoms with Crippen LogP contribution in [0.25, 0.3) is 0 Å². The molecule has 0 aromatic carbocycles. The maximum absolute atomic E-state index is 11.8. The van der Waals surface area contributed by atoms with Gasteiger partial charge in [-0.3, -0.25) is 9.59 Å². The second-order valence-electron chi connectivity index (χ2n) is 8.54. The standard InChI is InChI=1S/C21H36O15/c1-3-4-13(24)34-10(6-31-9(2)23)7-32-20-19(30)17(28)15(26)12(36-20)8-33-21-18(29)16(27)14(25)11(5-22)35-21/h10-12,14-22,25-30H,3-8H2,1-2H3/t10-,11-,12-,14+,15+,16+,17+,18-,19-,20-,21+/m1/s1. The van der Waals surface area contributed by atoms with Gasteiger partial charge in [0.1, 0.15) is 55.4 Å². The van der Waals surface area contributed by atoms with E-state index in [0.29, 0.717) is 6.42 Å². The van der Waals surface area contributed by atoms with Crippen molar-refractivity contribution in [2.24, 2.45) is 0 Å². The van der Waals surface area contributed by atoms with Gasteiger partial charge in [0.05, 0.1) is 19.8 Å². The fourth-order valence-corrected chi connectivity index (χ4v) is 3.56. The van der Waals surface area contributed by atoms with Gasteiger partial charge in [-0.2, -0.15) is 0 Å². The predicted octanol–water partition coefficient (Wildman–Crippen LogP) is -4.10. The average Bonchev–Trinajstić information content (AvgIpc) is 2.84. The molecule has 15 nitrogen and oxygen atoms in total. The van der Waals surface area contributed by atoms with Crippen molar-refractivity contribution in [3.05, 3.63) is 0 Å². The summed E-state index contributed by atoms with van der Waals surface area (Å²) in [6.07, 6.45) is -16.1. The number of hydrogen-bond donors (Lipinski definition) is 7. The third-order valence-corrected chi connectivity index (χ3v) is 5.61. The maximum atomic E-state index is 11.8. The molecule has 210 valence electrons. The Bertz CT molecular complexity index is 690. The van der Waals surface area contributed by atoms with Crippen LogP contribution in [0.4, 0.5) is 0 Å². The number of hydrogen-bond acceptors (Lipinski definition) is 15. The molecule has 15 heteroatoms. The molecule has 2 heterocycles. The number of aliphatic hydroxyl groups is 7. The molecule has 0 unspecified atom stereocenters. The molecule has 2 saturated heterocycles. The van der Waals surface area contributed by atoms with Gasteiger partial charge < -0.3 is 64.2 Å². The van der Waals surface area contributed by atoms with Gasteiger partial charge in [0, 0.05) is 13.3 Å². The van der Waals surface area contributed by atoms with Crippen molar-refractivity contribution in [3.8, 4) is 0 Å². The highest BCUT2D eigenvalue weighted by molar-refractivity contribution is 5.69. The lowest BCUT2D eigenvalue weighted by Gasteiger charge is -2.42. The zero-order valence-corrected chi connectivity index (χ0v) is 20.0. The van der Waals surface area contributed by atoms with E-state index in [-0.39, 0.29) is 13.0 Å². The van der Waals surface area contributed by atoms with Crippen molar-refractivity contribution >= 4 is 11.9 Å². The van der Waals surface area contributed by atoms with E-state index in [0.717, 1.165) is 6.92 Å². The van der Waals surface area contributed by atoms with Crippen LogP contribution in [0.2, 0.25) is 0 Å². The number of carbonyl (C=O) groups is 2. The van der Waals surface area contributed by atoms with E-state index in [4.69, 9.17) is 28.4 Å². The second-order valence-corrected chi connectivity index (χ2v) is 8.54. The van der Waals surface area contributed by atoms with Gasteiger partial charge >= 0.3 is 11.9 Å². The molecule has 0 aromatic heterocycles. The summed E-state index contributed by atoms with van der Waals surface area (Å²) in [6, 6.07) is 0. The molecular formula is C21H36O15. The maximum Gasteiger partial charge on any atom is 0.306 e. The first kappa shape index (κ1) is 30.7. The van der Waals surface area contributed by atoms with Gasteiger partial charge in [0.2, 0.25) is 0 Å². The highest BCUT2D eigenvalue weighted by atomic mass is 16.7. The van der Waals surface area contributed by atoms with Crippen LogP contribution in [-0.4, -0.2) is 142 Å². The Labute approximate surface area is 207 Å². The summed E-state index contributed by atoms with van der Waals surface area (Å²) < 4.78 is 31.5. The molecule has 0 amide bonds. The summed E-state index contributed by atoms with van der Waals surface area (Å²) in [5.74, 6) is -1.19. The predicted molar refractivity (Wildman–Crippen MR) is 114 cm³/mol. The van der Waals surface area contributed by atoms with E-state index in [1.54, 1.807) is 6.92 Å². The highest BCUT2D eigenvalue weighted by Gasteiger charge is 2.47. The van der Waals surface area contributed by atoms with E-state index in [1.807, 2.05) is 0 Å². The summed E-state index contributed by atoms with van der Waals surface area (Å²) in [4.78, 5) is 23.0.